The predicted molar refractivity (Wildman–Crippen MR) is 140 cm³/mol. The number of nitrogens with one attached hydrogen (secondary N) is 2. The number of carbonyl (C=O) groups is 2. The van der Waals surface area contributed by atoms with Crippen molar-refractivity contribution in [3.05, 3.63) is 65.7 Å². The average Bonchev–Trinajstić information content (AvgIpc) is 2.86. The lowest BCUT2D eigenvalue weighted by Crippen LogP contribution is -2.41. The number of ether oxygens (including phenoxy) is 2. The molecule has 2 aromatic carbocycles. The van der Waals surface area contributed by atoms with Gasteiger partial charge in [-0.2, -0.15) is 0 Å². The smallest absolute Gasteiger partial charge is 0.345 e. The second-order valence-corrected chi connectivity index (χ2v) is 11.0. The second-order valence-electron chi connectivity index (χ2n) is 8.73. The predicted octanol–water partition coefficient (Wildman–Crippen LogP) is 4.54. The number of aliphatic carboxylic acids is 1. The highest BCUT2D eigenvalue weighted by Crippen LogP contribution is 2.54. The van der Waals surface area contributed by atoms with Crippen molar-refractivity contribution in [2.75, 3.05) is 19.8 Å². The normalized spacial score (nSPS) is 12.4. The van der Waals surface area contributed by atoms with Crippen LogP contribution in [0.25, 0.3) is 0 Å². The molecular formula is C26H35N2O9P. The maximum Gasteiger partial charge on any atom is 0.345 e. The van der Waals surface area contributed by atoms with E-state index >= 15 is 0 Å². The Morgan fingerprint density at radius 3 is 2.18 bits per heavy atom. The highest BCUT2D eigenvalue weighted by molar-refractivity contribution is 7.55. The number of hydroxylamine groups is 1. The van der Waals surface area contributed by atoms with Crippen LogP contribution in [0.1, 0.15) is 45.2 Å². The lowest BCUT2D eigenvalue weighted by Gasteiger charge is -2.29. The van der Waals surface area contributed by atoms with E-state index in [0.717, 1.165) is 5.56 Å². The molecule has 0 heterocycles. The Bertz CT molecular complexity index is 1100. The summed E-state index contributed by atoms with van der Waals surface area (Å²) < 4.78 is 34.6. The van der Waals surface area contributed by atoms with Gasteiger partial charge in [-0.3, -0.25) is 24.4 Å². The third-order valence-corrected chi connectivity index (χ3v) is 7.40. The molecule has 0 aliphatic carbocycles. The van der Waals surface area contributed by atoms with Crippen LogP contribution in [0.2, 0.25) is 0 Å². The minimum Gasteiger partial charge on any atom is -0.489 e. The highest BCUT2D eigenvalue weighted by atomic mass is 31.2. The summed E-state index contributed by atoms with van der Waals surface area (Å²) in [4.78, 5) is 29.5. The van der Waals surface area contributed by atoms with Crippen LogP contribution in [0.15, 0.2) is 54.6 Å². The van der Waals surface area contributed by atoms with Gasteiger partial charge >= 0.3 is 19.5 Å². The van der Waals surface area contributed by atoms with Crippen molar-refractivity contribution in [3.63, 3.8) is 0 Å². The topological polar surface area (TPSA) is 153 Å². The number of benzene rings is 2. The molecule has 11 nitrogen and oxygen atoms in total. The third kappa shape index (κ3) is 9.90. The molecular weight excluding hydrogens is 515 g/mol. The molecule has 3 N–H and O–H groups in total. The van der Waals surface area contributed by atoms with E-state index in [-0.39, 0.29) is 25.7 Å². The van der Waals surface area contributed by atoms with E-state index in [2.05, 4.69) is 5.48 Å². The van der Waals surface area contributed by atoms with Gasteiger partial charge in [0, 0.05) is 5.56 Å². The van der Waals surface area contributed by atoms with Gasteiger partial charge in [0.05, 0.1) is 19.6 Å². The van der Waals surface area contributed by atoms with Crippen LogP contribution in [0.5, 0.6) is 5.75 Å². The van der Waals surface area contributed by atoms with Gasteiger partial charge in [-0.1, -0.05) is 30.3 Å². The Labute approximate surface area is 222 Å². The molecule has 1 atom stereocenters. The van der Waals surface area contributed by atoms with Gasteiger partial charge < -0.3 is 23.6 Å². The Kier molecular flexibility index (Phi) is 11.9. The first-order valence-corrected chi connectivity index (χ1v) is 13.7. The minimum absolute atomic E-state index is 0.0392. The van der Waals surface area contributed by atoms with E-state index in [1.54, 1.807) is 38.1 Å². The molecule has 208 valence electrons. The molecule has 0 saturated heterocycles. The molecule has 2 aromatic rings. The van der Waals surface area contributed by atoms with E-state index in [4.69, 9.17) is 28.8 Å². The number of rotatable bonds is 16. The number of carbonyl (C=O) groups excluding carboxylic acids is 1. The zero-order valence-electron chi connectivity index (χ0n) is 22.0. The molecule has 0 spiro atoms. The van der Waals surface area contributed by atoms with Gasteiger partial charge in [-0.05, 0) is 57.5 Å². The molecule has 2 rings (SSSR count). The van der Waals surface area contributed by atoms with Crippen molar-refractivity contribution in [1.82, 2.24) is 5.48 Å². The Morgan fingerprint density at radius 2 is 1.63 bits per heavy atom. The largest absolute Gasteiger partial charge is 0.489 e. The fourth-order valence-corrected chi connectivity index (χ4v) is 5.08. The Balaban J connectivity index is 1.91. The maximum atomic E-state index is 13.1. The zero-order chi connectivity index (χ0) is 28.2. The zero-order valence-corrected chi connectivity index (χ0v) is 22.9. The Morgan fingerprint density at radius 1 is 1.03 bits per heavy atom. The van der Waals surface area contributed by atoms with Crippen molar-refractivity contribution < 1.29 is 42.6 Å². The van der Waals surface area contributed by atoms with Crippen molar-refractivity contribution in [2.24, 2.45) is 0 Å². The van der Waals surface area contributed by atoms with Crippen molar-refractivity contribution >= 4 is 25.4 Å². The van der Waals surface area contributed by atoms with Crippen LogP contribution in [-0.4, -0.2) is 54.0 Å². The molecule has 0 radical (unpaired) electrons. The van der Waals surface area contributed by atoms with Crippen LogP contribution >= 0.6 is 7.60 Å². The van der Waals surface area contributed by atoms with Gasteiger partial charge in [0.1, 0.15) is 30.4 Å². The van der Waals surface area contributed by atoms with E-state index in [9.17, 15) is 19.3 Å². The summed E-state index contributed by atoms with van der Waals surface area (Å²) in [5, 5.41) is 17.4. The van der Waals surface area contributed by atoms with E-state index in [0.29, 0.717) is 17.9 Å². The van der Waals surface area contributed by atoms with Gasteiger partial charge in [-0.25, -0.2) is 5.48 Å². The quantitative estimate of drug-likeness (QED) is 0.0892. The van der Waals surface area contributed by atoms with Gasteiger partial charge in [0.25, 0.3) is 0 Å². The first-order chi connectivity index (χ1) is 18.0. The average molecular weight is 551 g/mol. The molecule has 0 amide bonds. The van der Waals surface area contributed by atoms with Gasteiger partial charge in [-0.15, -0.1) is 0 Å². The first-order valence-electron chi connectivity index (χ1n) is 12.1. The van der Waals surface area contributed by atoms with Crippen LogP contribution in [0.4, 0.5) is 0 Å². The SMILES string of the molecule is CCOP(=O)(OCC)C(CC(=O)O)C(=O)OC(C)(C)CONC(=N)c1ccc(OCc2ccccc2)cc1. The highest BCUT2D eigenvalue weighted by Gasteiger charge is 2.45. The molecule has 38 heavy (non-hydrogen) atoms. The fraction of sp³-hybridized carbons (Fsp3) is 0.423. The van der Waals surface area contributed by atoms with Crippen molar-refractivity contribution in [3.8, 4) is 5.75 Å². The summed E-state index contributed by atoms with van der Waals surface area (Å²) in [6, 6.07) is 16.6. The summed E-state index contributed by atoms with van der Waals surface area (Å²) in [5.74, 6) is -1.80. The van der Waals surface area contributed by atoms with Crippen LogP contribution in [0, 0.1) is 5.41 Å². The number of carboxylic acid groups (broad SMARTS) is 1. The van der Waals surface area contributed by atoms with Crippen LogP contribution in [0.3, 0.4) is 0 Å². The molecule has 0 fully saturated rings. The van der Waals surface area contributed by atoms with E-state index in [1.807, 2.05) is 30.3 Å². The van der Waals surface area contributed by atoms with Crippen LogP contribution in [-0.2, 0) is 39.4 Å². The summed E-state index contributed by atoms with van der Waals surface area (Å²) in [6.45, 7) is 6.30. The maximum absolute atomic E-state index is 13.1. The Hall–Kier alpha value is -3.24. The number of esters is 1. The molecule has 0 aliphatic heterocycles. The molecule has 0 aromatic heterocycles. The number of amidine groups is 1. The number of hydrogen-bond donors (Lipinski definition) is 3. The molecule has 1 unspecified atom stereocenters. The number of carboxylic acids is 1. The van der Waals surface area contributed by atoms with Crippen molar-refractivity contribution in [1.29, 1.82) is 5.41 Å². The van der Waals surface area contributed by atoms with Gasteiger partial charge in [0.2, 0.25) is 0 Å². The molecule has 0 aliphatic rings. The van der Waals surface area contributed by atoms with Crippen LogP contribution < -0.4 is 10.2 Å². The lowest BCUT2D eigenvalue weighted by atomic mass is 10.1. The summed E-state index contributed by atoms with van der Waals surface area (Å²) in [7, 11) is -4.09. The number of hydrogen-bond acceptors (Lipinski definition) is 9. The third-order valence-electron chi connectivity index (χ3n) is 5.00. The van der Waals surface area contributed by atoms with Crippen molar-refractivity contribution in [2.45, 2.75) is 52.0 Å². The standard InChI is InChI=1S/C26H35N2O9P/c1-5-35-38(32,36-6-2)22(16-23(29)30)25(31)37-26(3,4)18-34-28-24(27)20-12-14-21(15-13-20)33-17-19-10-8-7-9-11-19/h7-15,22H,5-6,16-18H2,1-4H3,(H2,27,28)(H,29,30). The lowest BCUT2D eigenvalue weighted by molar-refractivity contribution is -0.165. The van der Waals surface area contributed by atoms with Gasteiger partial charge in [0.15, 0.2) is 5.66 Å². The first kappa shape index (κ1) is 31.0. The van der Waals surface area contributed by atoms with E-state index < -0.39 is 37.2 Å². The summed E-state index contributed by atoms with van der Waals surface area (Å²) in [5.41, 5.74) is 1.15. The molecule has 12 heteroatoms. The monoisotopic (exact) mass is 550 g/mol. The van der Waals surface area contributed by atoms with E-state index in [1.165, 1.54) is 13.8 Å². The fourth-order valence-electron chi connectivity index (χ4n) is 3.24. The second kappa shape index (κ2) is 14.6. The minimum atomic E-state index is -4.09. The molecule has 0 bridgehead atoms. The molecule has 0 saturated carbocycles. The summed E-state index contributed by atoms with van der Waals surface area (Å²) in [6.07, 6.45) is -0.791. The summed E-state index contributed by atoms with van der Waals surface area (Å²) >= 11 is 0.